The highest BCUT2D eigenvalue weighted by molar-refractivity contribution is 6.08. The Hall–Kier alpha value is -1.97. The molecule has 0 spiro atoms. The second kappa shape index (κ2) is 4.61. The SMILES string of the molecule is COc1ccc2c(C(=O)NC(C)(C)C)c(C)[nH]c2c1. The number of rotatable bonds is 2. The highest BCUT2D eigenvalue weighted by Crippen LogP contribution is 2.26. The van der Waals surface area contributed by atoms with E-state index < -0.39 is 0 Å². The molecule has 0 atom stereocenters. The number of fused-ring (bicyclic) bond motifs is 1. The Labute approximate surface area is 113 Å². The number of hydrogen-bond donors (Lipinski definition) is 2. The van der Waals surface area contributed by atoms with Gasteiger partial charge in [-0.15, -0.1) is 0 Å². The number of methoxy groups -OCH3 is 1. The summed E-state index contributed by atoms with van der Waals surface area (Å²) < 4.78 is 5.19. The molecule has 4 heteroatoms. The lowest BCUT2D eigenvalue weighted by atomic mass is 10.1. The van der Waals surface area contributed by atoms with Gasteiger partial charge in [0.2, 0.25) is 0 Å². The predicted octanol–water partition coefficient (Wildman–Crippen LogP) is 3.01. The molecule has 0 saturated carbocycles. The van der Waals surface area contributed by atoms with E-state index in [-0.39, 0.29) is 11.4 Å². The van der Waals surface area contributed by atoms with Crippen molar-refractivity contribution in [1.29, 1.82) is 0 Å². The average molecular weight is 260 g/mol. The van der Waals surface area contributed by atoms with Gasteiger partial charge in [0.15, 0.2) is 0 Å². The zero-order chi connectivity index (χ0) is 14.2. The lowest BCUT2D eigenvalue weighted by Crippen LogP contribution is -2.40. The third-order valence-corrected chi connectivity index (χ3v) is 2.91. The first-order valence-electron chi connectivity index (χ1n) is 6.30. The fourth-order valence-electron chi connectivity index (χ4n) is 2.13. The number of aromatic nitrogens is 1. The topological polar surface area (TPSA) is 54.1 Å². The van der Waals surface area contributed by atoms with Crippen molar-refractivity contribution in [3.8, 4) is 5.75 Å². The van der Waals surface area contributed by atoms with Crippen molar-refractivity contribution in [3.63, 3.8) is 0 Å². The number of carbonyl (C=O) groups excluding carboxylic acids is 1. The maximum absolute atomic E-state index is 12.3. The molecule has 2 aromatic rings. The molecule has 1 aromatic carbocycles. The van der Waals surface area contributed by atoms with Crippen LogP contribution in [-0.4, -0.2) is 23.5 Å². The fraction of sp³-hybridized carbons (Fsp3) is 0.400. The van der Waals surface area contributed by atoms with Crippen LogP contribution in [0.5, 0.6) is 5.75 Å². The van der Waals surface area contributed by atoms with Crippen molar-refractivity contribution >= 4 is 16.8 Å². The summed E-state index contributed by atoms with van der Waals surface area (Å²) in [5.41, 5.74) is 2.23. The Morgan fingerprint density at radius 1 is 1.32 bits per heavy atom. The molecule has 102 valence electrons. The van der Waals surface area contributed by atoms with Crippen LogP contribution in [0.1, 0.15) is 36.8 Å². The van der Waals surface area contributed by atoms with Crippen LogP contribution in [0.4, 0.5) is 0 Å². The van der Waals surface area contributed by atoms with Crippen LogP contribution in [0.2, 0.25) is 0 Å². The molecule has 0 unspecified atom stereocenters. The van der Waals surface area contributed by atoms with E-state index in [9.17, 15) is 4.79 Å². The number of nitrogens with one attached hydrogen (secondary N) is 2. The summed E-state index contributed by atoms with van der Waals surface area (Å²) >= 11 is 0. The van der Waals surface area contributed by atoms with Crippen LogP contribution < -0.4 is 10.1 Å². The number of benzene rings is 1. The van der Waals surface area contributed by atoms with Gasteiger partial charge >= 0.3 is 0 Å². The standard InChI is InChI=1S/C15H20N2O2/c1-9-13(14(18)17-15(2,3)4)11-7-6-10(19-5)8-12(11)16-9/h6-8,16H,1-5H3,(H,17,18). The van der Waals surface area contributed by atoms with Crippen LogP contribution in [0.3, 0.4) is 0 Å². The largest absolute Gasteiger partial charge is 0.497 e. The smallest absolute Gasteiger partial charge is 0.254 e. The van der Waals surface area contributed by atoms with E-state index in [0.717, 1.165) is 22.3 Å². The van der Waals surface area contributed by atoms with Gasteiger partial charge in [0, 0.05) is 22.7 Å². The van der Waals surface area contributed by atoms with Crippen molar-refractivity contribution in [2.24, 2.45) is 0 Å². The Bertz CT molecular complexity index is 621. The van der Waals surface area contributed by atoms with Gasteiger partial charge in [0.1, 0.15) is 5.75 Å². The Morgan fingerprint density at radius 3 is 2.58 bits per heavy atom. The Morgan fingerprint density at radius 2 is 2.00 bits per heavy atom. The number of H-pyrrole nitrogens is 1. The minimum atomic E-state index is -0.250. The van der Waals surface area contributed by atoms with Crippen molar-refractivity contribution in [3.05, 3.63) is 29.5 Å². The van der Waals surface area contributed by atoms with Gasteiger partial charge in [-0.05, 0) is 39.8 Å². The van der Waals surface area contributed by atoms with E-state index >= 15 is 0 Å². The van der Waals surface area contributed by atoms with E-state index in [1.54, 1.807) is 7.11 Å². The molecule has 1 amide bonds. The number of carbonyl (C=O) groups is 1. The molecule has 19 heavy (non-hydrogen) atoms. The molecule has 0 bridgehead atoms. The highest BCUT2D eigenvalue weighted by atomic mass is 16.5. The average Bonchev–Trinajstić information content (AvgIpc) is 2.61. The molecule has 4 nitrogen and oxygen atoms in total. The lowest BCUT2D eigenvalue weighted by molar-refractivity contribution is 0.0920. The molecule has 0 saturated heterocycles. The zero-order valence-corrected chi connectivity index (χ0v) is 12.0. The Balaban J connectivity index is 2.49. The molecule has 0 radical (unpaired) electrons. The molecule has 0 aliphatic rings. The first-order valence-corrected chi connectivity index (χ1v) is 6.30. The first kappa shape index (κ1) is 13.5. The van der Waals surface area contributed by atoms with Crippen LogP contribution in [0.25, 0.3) is 10.9 Å². The summed E-state index contributed by atoms with van der Waals surface area (Å²) in [6.07, 6.45) is 0. The zero-order valence-electron chi connectivity index (χ0n) is 12.0. The van der Waals surface area contributed by atoms with Gasteiger partial charge in [-0.2, -0.15) is 0 Å². The highest BCUT2D eigenvalue weighted by Gasteiger charge is 2.20. The molecular formula is C15H20N2O2. The third-order valence-electron chi connectivity index (χ3n) is 2.91. The molecule has 2 rings (SSSR count). The first-order chi connectivity index (χ1) is 8.81. The monoisotopic (exact) mass is 260 g/mol. The molecule has 1 aromatic heterocycles. The predicted molar refractivity (Wildman–Crippen MR) is 76.8 cm³/mol. The van der Waals surface area contributed by atoms with Crippen molar-refractivity contribution < 1.29 is 9.53 Å². The molecule has 2 N–H and O–H groups in total. The van der Waals surface area contributed by atoms with Gasteiger partial charge in [-0.1, -0.05) is 0 Å². The van der Waals surface area contributed by atoms with Gasteiger partial charge < -0.3 is 15.0 Å². The van der Waals surface area contributed by atoms with Gasteiger partial charge in [0.05, 0.1) is 18.2 Å². The van der Waals surface area contributed by atoms with E-state index in [1.165, 1.54) is 0 Å². The summed E-state index contributed by atoms with van der Waals surface area (Å²) in [6, 6.07) is 5.68. The number of amides is 1. The quantitative estimate of drug-likeness (QED) is 0.872. The van der Waals surface area contributed by atoms with Crippen molar-refractivity contribution in [2.45, 2.75) is 33.2 Å². The second-order valence-electron chi connectivity index (χ2n) is 5.74. The number of aromatic amines is 1. The normalized spacial score (nSPS) is 11.6. The van der Waals surface area contributed by atoms with Crippen LogP contribution in [0.15, 0.2) is 18.2 Å². The summed E-state index contributed by atoms with van der Waals surface area (Å²) in [4.78, 5) is 15.6. The van der Waals surface area contributed by atoms with E-state index in [4.69, 9.17) is 4.74 Å². The molecule has 0 aliphatic carbocycles. The van der Waals surface area contributed by atoms with Crippen LogP contribution >= 0.6 is 0 Å². The summed E-state index contributed by atoms with van der Waals surface area (Å²) in [7, 11) is 1.63. The van der Waals surface area contributed by atoms with Gasteiger partial charge in [-0.25, -0.2) is 0 Å². The second-order valence-corrected chi connectivity index (χ2v) is 5.74. The summed E-state index contributed by atoms with van der Waals surface area (Å²) in [5.74, 6) is 0.720. The maximum Gasteiger partial charge on any atom is 0.254 e. The molecular weight excluding hydrogens is 240 g/mol. The summed E-state index contributed by atoms with van der Waals surface area (Å²) in [6.45, 7) is 7.82. The van der Waals surface area contributed by atoms with E-state index in [0.29, 0.717) is 5.56 Å². The number of hydrogen-bond acceptors (Lipinski definition) is 2. The van der Waals surface area contributed by atoms with Gasteiger partial charge in [-0.3, -0.25) is 4.79 Å². The minimum Gasteiger partial charge on any atom is -0.497 e. The molecule has 0 fully saturated rings. The number of aryl methyl sites for hydroxylation is 1. The van der Waals surface area contributed by atoms with E-state index in [1.807, 2.05) is 45.9 Å². The van der Waals surface area contributed by atoms with E-state index in [2.05, 4.69) is 10.3 Å². The van der Waals surface area contributed by atoms with Crippen molar-refractivity contribution in [2.75, 3.05) is 7.11 Å². The summed E-state index contributed by atoms with van der Waals surface area (Å²) in [5, 5.41) is 3.91. The lowest BCUT2D eigenvalue weighted by Gasteiger charge is -2.20. The number of ether oxygens (including phenoxy) is 1. The Kier molecular flexibility index (Phi) is 3.27. The maximum atomic E-state index is 12.3. The minimum absolute atomic E-state index is 0.0542. The van der Waals surface area contributed by atoms with Crippen molar-refractivity contribution in [1.82, 2.24) is 10.3 Å². The van der Waals surface area contributed by atoms with Gasteiger partial charge in [0.25, 0.3) is 5.91 Å². The fourth-order valence-corrected chi connectivity index (χ4v) is 2.13. The third kappa shape index (κ3) is 2.72. The molecule has 1 heterocycles. The van der Waals surface area contributed by atoms with Crippen LogP contribution in [-0.2, 0) is 0 Å². The molecule has 0 aliphatic heterocycles. The van der Waals surface area contributed by atoms with Crippen LogP contribution in [0, 0.1) is 6.92 Å².